The van der Waals surface area contributed by atoms with Crippen LogP contribution in [0, 0.1) is 0 Å². The van der Waals surface area contributed by atoms with Gasteiger partial charge in [-0.25, -0.2) is 8.78 Å². The van der Waals surface area contributed by atoms with Crippen LogP contribution in [0.4, 0.5) is 14.5 Å². The van der Waals surface area contributed by atoms with Crippen LogP contribution in [-0.4, -0.2) is 29.1 Å². The first-order chi connectivity index (χ1) is 7.27. The minimum Gasteiger partial charge on any atom is -0.314 e. The van der Waals surface area contributed by atoms with Gasteiger partial charge in [0.05, 0.1) is 0 Å². The number of nitrogens with zero attached hydrogens (tertiary/aromatic N) is 1. The van der Waals surface area contributed by atoms with Crippen molar-refractivity contribution in [3.8, 4) is 0 Å². The van der Waals surface area contributed by atoms with Gasteiger partial charge in [-0.15, -0.1) is 0 Å². The zero-order chi connectivity index (χ0) is 10.7. The average molecular weight is 230 g/mol. The summed E-state index contributed by atoms with van der Waals surface area (Å²) < 4.78 is 26.8. The molecule has 1 N–H and O–H groups in total. The van der Waals surface area contributed by atoms with Crippen LogP contribution < -0.4 is 5.43 Å². The Hall–Kier alpha value is -0.810. The molecule has 0 aliphatic carbocycles. The van der Waals surface area contributed by atoms with E-state index in [1.165, 1.54) is 11.8 Å². The normalized spacial score (nSPS) is 27.6. The number of rotatable bonds is 2. The molecule has 1 fully saturated rings. The lowest BCUT2D eigenvalue weighted by atomic mass is 10.3. The number of hydrogen-bond acceptors (Lipinski definition) is 3. The van der Waals surface area contributed by atoms with E-state index >= 15 is 0 Å². The highest BCUT2D eigenvalue weighted by atomic mass is 32.2. The third kappa shape index (κ3) is 2.60. The highest BCUT2D eigenvalue weighted by molar-refractivity contribution is 7.99. The predicted molar refractivity (Wildman–Crippen MR) is 59.0 cm³/mol. The van der Waals surface area contributed by atoms with Gasteiger partial charge in [-0.05, 0) is 12.1 Å². The van der Waals surface area contributed by atoms with E-state index in [4.69, 9.17) is 0 Å². The number of hydrazine groups is 1. The lowest BCUT2D eigenvalue weighted by molar-refractivity contribution is 0.0235. The number of hydrogen-bond donors (Lipinski definition) is 1. The molecule has 1 aliphatic heterocycles. The van der Waals surface area contributed by atoms with Gasteiger partial charge in [0.1, 0.15) is 0 Å². The highest BCUT2D eigenvalue weighted by Gasteiger charge is 2.30. The first kappa shape index (κ1) is 10.7. The van der Waals surface area contributed by atoms with E-state index in [1.54, 1.807) is 12.1 Å². The molecule has 0 saturated carbocycles. The summed E-state index contributed by atoms with van der Waals surface area (Å²) in [6.45, 7) is 0. The molecular formula is C10H12F2N2S. The first-order valence-corrected chi connectivity index (χ1v) is 5.89. The van der Waals surface area contributed by atoms with Crippen molar-refractivity contribution in [1.29, 1.82) is 0 Å². The Morgan fingerprint density at radius 1 is 1.13 bits per heavy atom. The van der Waals surface area contributed by atoms with E-state index in [0.29, 0.717) is 17.2 Å². The fourth-order valence-corrected chi connectivity index (χ4v) is 2.25. The summed E-state index contributed by atoms with van der Waals surface area (Å²) in [5, 5.41) is 1.03. The Bertz CT molecular complexity index is 300. The second kappa shape index (κ2) is 4.81. The summed E-state index contributed by atoms with van der Waals surface area (Å²) in [7, 11) is 0. The maximum atomic E-state index is 13.4. The van der Waals surface area contributed by atoms with Crippen LogP contribution in [0.15, 0.2) is 30.3 Å². The van der Waals surface area contributed by atoms with Gasteiger partial charge >= 0.3 is 0 Å². The molecule has 0 amide bonds. The first-order valence-electron chi connectivity index (χ1n) is 4.73. The van der Waals surface area contributed by atoms with Crippen LogP contribution in [0.1, 0.15) is 0 Å². The lowest BCUT2D eigenvalue weighted by Crippen LogP contribution is -2.48. The topological polar surface area (TPSA) is 15.3 Å². The van der Waals surface area contributed by atoms with Crippen LogP contribution in [0.25, 0.3) is 0 Å². The molecular weight excluding hydrogens is 218 g/mol. The highest BCUT2D eigenvalue weighted by Crippen LogP contribution is 2.24. The Morgan fingerprint density at radius 2 is 1.73 bits per heavy atom. The molecule has 0 spiro atoms. The van der Waals surface area contributed by atoms with Crippen molar-refractivity contribution in [3.05, 3.63) is 30.3 Å². The van der Waals surface area contributed by atoms with Crippen molar-refractivity contribution in [2.24, 2.45) is 0 Å². The van der Waals surface area contributed by atoms with Crippen LogP contribution in [0.5, 0.6) is 0 Å². The van der Waals surface area contributed by atoms with Crippen molar-refractivity contribution >= 4 is 17.4 Å². The molecule has 2 rings (SSSR count). The molecule has 5 heteroatoms. The van der Waals surface area contributed by atoms with Gasteiger partial charge in [0.2, 0.25) is 0 Å². The molecule has 82 valence electrons. The smallest absolute Gasteiger partial charge is 0.181 e. The Kier molecular flexibility index (Phi) is 3.43. The summed E-state index contributed by atoms with van der Waals surface area (Å²) in [5.41, 5.74) is 3.45. The molecule has 0 aromatic heterocycles. The van der Waals surface area contributed by atoms with E-state index in [2.05, 4.69) is 5.43 Å². The summed E-state index contributed by atoms with van der Waals surface area (Å²) in [6, 6.07) is 9.06. The van der Waals surface area contributed by atoms with Gasteiger partial charge in [0, 0.05) is 17.2 Å². The fraction of sp³-hybridized carbons (Fsp3) is 0.400. The molecule has 0 bridgehead atoms. The third-order valence-electron chi connectivity index (χ3n) is 2.15. The number of para-hydroxylation sites is 1. The van der Waals surface area contributed by atoms with Crippen LogP contribution in [0.3, 0.4) is 0 Å². The molecule has 1 saturated heterocycles. The average Bonchev–Trinajstić information content (AvgIpc) is 2.25. The number of anilines is 1. The van der Waals surface area contributed by atoms with E-state index < -0.39 is 12.6 Å². The number of alkyl halides is 2. The van der Waals surface area contributed by atoms with E-state index in [0.717, 1.165) is 5.01 Å². The second-order valence-electron chi connectivity index (χ2n) is 3.29. The maximum Gasteiger partial charge on any atom is 0.181 e. The molecule has 1 aromatic carbocycles. The number of nitrogens with one attached hydrogen (secondary N) is 1. The lowest BCUT2D eigenvalue weighted by Gasteiger charge is -2.33. The van der Waals surface area contributed by atoms with Crippen molar-refractivity contribution in [2.45, 2.75) is 12.6 Å². The van der Waals surface area contributed by atoms with Gasteiger partial charge in [0.25, 0.3) is 0 Å². The minimum absolute atomic E-state index is 0.306. The van der Waals surface area contributed by atoms with Crippen molar-refractivity contribution in [3.63, 3.8) is 0 Å². The van der Waals surface area contributed by atoms with Crippen LogP contribution >= 0.6 is 11.8 Å². The molecule has 2 unspecified atom stereocenters. The summed E-state index contributed by atoms with van der Waals surface area (Å²) in [5.74, 6) is 0.612. The molecule has 15 heavy (non-hydrogen) atoms. The number of thioether (sulfide) groups is 1. The summed E-state index contributed by atoms with van der Waals surface area (Å²) in [6.07, 6.45) is -2.56. The quantitative estimate of drug-likeness (QED) is 0.786. The molecule has 2 nitrogen and oxygen atoms in total. The zero-order valence-corrected chi connectivity index (χ0v) is 8.88. The minimum atomic E-state index is -1.28. The van der Waals surface area contributed by atoms with Crippen LogP contribution in [-0.2, 0) is 0 Å². The fourth-order valence-electron chi connectivity index (χ4n) is 1.40. The Morgan fingerprint density at radius 3 is 2.33 bits per heavy atom. The van der Waals surface area contributed by atoms with Crippen LogP contribution in [0.2, 0.25) is 0 Å². The largest absolute Gasteiger partial charge is 0.314 e. The Balaban J connectivity index is 2.03. The molecule has 0 radical (unpaired) electrons. The summed E-state index contributed by atoms with van der Waals surface area (Å²) in [4.78, 5) is 0. The number of halogens is 2. The molecule has 2 atom stereocenters. The van der Waals surface area contributed by atoms with Crippen molar-refractivity contribution < 1.29 is 8.78 Å². The monoisotopic (exact) mass is 230 g/mol. The van der Waals surface area contributed by atoms with Gasteiger partial charge in [-0.2, -0.15) is 16.8 Å². The van der Waals surface area contributed by atoms with E-state index in [1.807, 2.05) is 18.2 Å². The third-order valence-corrected chi connectivity index (χ3v) is 3.17. The molecule has 1 aromatic rings. The SMILES string of the molecule is FC1CSCC(F)N1Nc1ccccc1. The number of benzene rings is 1. The Labute approximate surface area is 91.6 Å². The second-order valence-corrected chi connectivity index (χ2v) is 4.37. The molecule has 1 aliphatic rings. The van der Waals surface area contributed by atoms with Gasteiger partial charge in [-0.3, -0.25) is 0 Å². The van der Waals surface area contributed by atoms with E-state index in [9.17, 15) is 8.78 Å². The van der Waals surface area contributed by atoms with Crippen molar-refractivity contribution in [2.75, 3.05) is 16.9 Å². The van der Waals surface area contributed by atoms with E-state index in [-0.39, 0.29) is 0 Å². The predicted octanol–water partition coefficient (Wildman–Crippen LogP) is 2.65. The maximum absolute atomic E-state index is 13.4. The van der Waals surface area contributed by atoms with Crippen molar-refractivity contribution in [1.82, 2.24) is 5.01 Å². The van der Waals surface area contributed by atoms with Gasteiger partial charge in [0.15, 0.2) is 12.6 Å². The molecule has 1 heterocycles. The zero-order valence-electron chi connectivity index (χ0n) is 8.07. The van der Waals surface area contributed by atoms with Gasteiger partial charge < -0.3 is 5.43 Å². The summed E-state index contributed by atoms with van der Waals surface area (Å²) >= 11 is 1.29. The van der Waals surface area contributed by atoms with Gasteiger partial charge in [-0.1, -0.05) is 18.2 Å². The standard InChI is InChI=1S/C10H12F2N2S/c11-9-6-15-7-10(12)14(9)13-8-4-2-1-3-5-8/h1-5,9-10,13H,6-7H2.